The van der Waals surface area contributed by atoms with E-state index in [-0.39, 0.29) is 40.6 Å². The summed E-state index contributed by atoms with van der Waals surface area (Å²) in [6.07, 6.45) is 1.01. The molecule has 0 aromatic heterocycles. The highest BCUT2D eigenvalue weighted by atomic mass is 35.5. The van der Waals surface area contributed by atoms with Gasteiger partial charge in [0.1, 0.15) is 0 Å². The van der Waals surface area contributed by atoms with Crippen molar-refractivity contribution in [3.63, 3.8) is 0 Å². The van der Waals surface area contributed by atoms with Crippen molar-refractivity contribution < 1.29 is 8.42 Å². The number of hydrogen-bond donors (Lipinski definition) is 0. The van der Waals surface area contributed by atoms with Gasteiger partial charge in [-0.2, -0.15) is 0 Å². The molecule has 0 aliphatic rings. The fraction of sp³-hybridized carbons (Fsp3) is 0.0769. The molecule has 0 bridgehead atoms. The largest absolute Gasteiger partial charge is 0.224 e. The Labute approximate surface area is 157 Å². The standard InChI is InChI=1S/C13H6Cl6O2S/c1-22(20,21)10-4-9(17)12(18)11(13(10)19)5-2-7(15)8(16)3-6(5)14/h2-4H,1H3/i1+2. The minimum Gasteiger partial charge on any atom is -0.224 e. The lowest BCUT2D eigenvalue weighted by molar-refractivity contribution is 0.602. The van der Waals surface area contributed by atoms with Crippen molar-refractivity contribution >= 4 is 79.4 Å². The molecule has 0 N–H and O–H groups in total. The van der Waals surface area contributed by atoms with Gasteiger partial charge in [0.2, 0.25) is 0 Å². The lowest BCUT2D eigenvalue weighted by atomic mass is 10.1. The van der Waals surface area contributed by atoms with Crippen LogP contribution in [-0.4, -0.2) is 14.7 Å². The quantitative estimate of drug-likeness (QED) is 0.488. The molecule has 2 aromatic rings. The van der Waals surface area contributed by atoms with Crippen LogP contribution >= 0.6 is 69.6 Å². The van der Waals surface area contributed by atoms with Gasteiger partial charge in [0.05, 0.1) is 35.0 Å². The van der Waals surface area contributed by atoms with Crippen molar-refractivity contribution in [2.45, 2.75) is 4.90 Å². The van der Waals surface area contributed by atoms with Gasteiger partial charge >= 0.3 is 0 Å². The highest BCUT2D eigenvalue weighted by Gasteiger charge is 2.23. The molecule has 9 heteroatoms. The molecule has 22 heavy (non-hydrogen) atoms. The smallest absolute Gasteiger partial charge is 0.177 e. The van der Waals surface area contributed by atoms with Gasteiger partial charge in [-0.25, -0.2) is 8.42 Å². The molecule has 0 saturated heterocycles. The Morgan fingerprint density at radius 3 is 1.82 bits per heavy atom. The van der Waals surface area contributed by atoms with Gasteiger partial charge in [-0.3, -0.25) is 0 Å². The van der Waals surface area contributed by atoms with Crippen LogP contribution in [0.3, 0.4) is 0 Å². The number of benzene rings is 2. The fourth-order valence-corrected chi connectivity index (χ4v) is 4.44. The first-order chi connectivity index (χ1) is 10.0. The molecule has 0 heterocycles. The summed E-state index contributed by atoms with van der Waals surface area (Å²) in [6.45, 7) is 0. The van der Waals surface area contributed by atoms with E-state index in [2.05, 4.69) is 0 Å². The molecule has 0 aliphatic carbocycles. The van der Waals surface area contributed by atoms with Crippen molar-refractivity contribution in [3.8, 4) is 11.1 Å². The van der Waals surface area contributed by atoms with E-state index in [9.17, 15) is 8.42 Å². The van der Waals surface area contributed by atoms with E-state index in [4.69, 9.17) is 69.6 Å². The van der Waals surface area contributed by atoms with Crippen LogP contribution in [0.25, 0.3) is 11.1 Å². The molecule has 2 aromatic carbocycles. The number of sulfone groups is 1. The summed E-state index contributed by atoms with van der Waals surface area (Å²) in [6, 6.07) is 4.05. The molecule has 0 spiro atoms. The molecule has 0 aliphatic heterocycles. The Hall–Kier alpha value is 0.130. The van der Waals surface area contributed by atoms with E-state index in [0.29, 0.717) is 5.56 Å². The van der Waals surface area contributed by atoms with Gasteiger partial charge in [-0.15, -0.1) is 0 Å². The Morgan fingerprint density at radius 2 is 1.27 bits per heavy atom. The molecule has 0 amide bonds. The third kappa shape index (κ3) is 3.46. The van der Waals surface area contributed by atoms with Crippen LogP contribution in [0.15, 0.2) is 23.1 Å². The predicted molar refractivity (Wildman–Crippen MR) is 95.0 cm³/mol. The van der Waals surface area contributed by atoms with E-state index in [0.717, 1.165) is 6.26 Å². The van der Waals surface area contributed by atoms with Gasteiger partial charge in [-0.1, -0.05) is 69.6 Å². The summed E-state index contributed by atoms with van der Waals surface area (Å²) in [5.41, 5.74) is 0.512. The molecule has 2 nitrogen and oxygen atoms in total. The molecule has 2 rings (SSSR count). The van der Waals surface area contributed by atoms with Crippen LogP contribution in [0.5, 0.6) is 0 Å². The van der Waals surface area contributed by atoms with Crippen LogP contribution in [-0.2, 0) is 9.84 Å². The average Bonchev–Trinajstić information content (AvgIpc) is 2.38. The van der Waals surface area contributed by atoms with Crippen LogP contribution in [0.1, 0.15) is 0 Å². The summed E-state index contributed by atoms with van der Waals surface area (Å²) in [7, 11) is -3.61. The zero-order valence-electron chi connectivity index (χ0n) is 10.7. The van der Waals surface area contributed by atoms with Crippen molar-refractivity contribution in [2.75, 3.05) is 6.26 Å². The van der Waals surface area contributed by atoms with Crippen molar-refractivity contribution in [1.29, 1.82) is 0 Å². The van der Waals surface area contributed by atoms with Gasteiger partial charge in [-0.05, 0) is 18.2 Å². The summed E-state index contributed by atoms with van der Waals surface area (Å²) >= 11 is 36.4. The first-order valence-corrected chi connectivity index (χ1v) is 9.72. The normalized spacial score (nSPS) is 11.8. The highest BCUT2D eigenvalue weighted by Crippen LogP contribution is 2.46. The topological polar surface area (TPSA) is 34.1 Å². The van der Waals surface area contributed by atoms with Gasteiger partial charge in [0, 0.05) is 17.4 Å². The van der Waals surface area contributed by atoms with Crippen molar-refractivity contribution in [2.24, 2.45) is 0 Å². The lowest BCUT2D eigenvalue weighted by Gasteiger charge is -2.14. The molecular weight excluding hydrogens is 435 g/mol. The van der Waals surface area contributed by atoms with Crippen LogP contribution < -0.4 is 0 Å². The van der Waals surface area contributed by atoms with Crippen LogP contribution in [0, 0.1) is 0 Å². The third-order valence-corrected chi connectivity index (χ3v) is 6.25. The van der Waals surface area contributed by atoms with E-state index in [1.807, 2.05) is 0 Å². The first-order valence-electron chi connectivity index (χ1n) is 5.56. The predicted octanol–water partition coefficient (Wildman–Crippen LogP) is 6.68. The summed E-state index contributed by atoms with van der Waals surface area (Å²) in [5.74, 6) is 0. The number of rotatable bonds is 2. The van der Waals surface area contributed by atoms with E-state index in [1.165, 1.54) is 18.2 Å². The second kappa shape index (κ2) is 6.56. The number of hydrogen-bond acceptors (Lipinski definition) is 2. The monoisotopic (exact) mass is 438 g/mol. The molecule has 0 radical (unpaired) electrons. The number of halogens is 6. The van der Waals surface area contributed by atoms with Gasteiger partial charge in [0.25, 0.3) is 0 Å². The Bertz CT molecular complexity index is 877. The Kier molecular flexibility index (Phi) is 5.51. The van der Waals surface area contributed by atoms with E-state index in [1.54, 1.807) is 0 Å². The SMILES string of the molecule is [14CH3]S(=O)(=O)c1cc(Cl)c(Cl)c(-c2cc(Cl)c(Cl)cc2Cl)c1Cl. The lowest BCUT2D eigenvalue weighted by Crippen LogP contribution is -2.00. The average molecular weight is 441 g/mol. The van der Waals surface area contributed by atoms with E-state index < -0.39 is 9.84 Å². The second-order valence-electron chi connectivity index (χ2n) is 4.38. The third-order valence-electron chi connectivity index (χ3n) is 2.80. The maximum atomic E-state index is 11.8. The Balaban J connectivity index is 2.93. The van der Waals surface area contributed by atoms with Gasteiger partial charge in [0.15, 0.2) is 9.84 Å². The van der Waals surface area contributed by atoms with Gasteiger partial charge < -0.3 is 0 Å². The molecular formula is C13H6Cl6O2S. The maximum absolute atomic E-state index is 11.8. The molecule has 0 atom stereocenters. The van der Waals surface area contributed by atoms with Crippen molar-refractivity contribution in [3.05, 3.63) is 48.3 Å². The fourth-order valence-electron chi connectivity index (χ4n) is 1.80. The Morgan fingerprint density at radius 1 is 0.727 bits per heavy atom. The minimum absolute atomic E-state index is 0.0311. The second-order valence-corrected chi connectivity index (χ2v) is 8.75. The maximum Gasteiger partial charge on any atom is 0.177 e. The van der Waals surface area contributed by atoms with Crippen molar-refractivity contribution in [1.82, 2.24) is 0 Å². The zero-order chi connectivity index (χ0) is 16.8. The minimum atomic E-state index is -3.61. The van der Waals surface area contributed by atoms with Crippen LogP contribution in [0.2, 0.25) is 30.1 Å². The molecule has 118 valence electrons. The summed E-state index contributed by atoms with van der Waals surface area (Å²) in [5, 5.41) is 0.683. The first kappa shape index (κ1) is 18.5. The molecule has 0 unspecified atom stereocenters. The zero-order valence-corrected chi connectivity index (χ0v) is 16.1. The molecule has 0 fully saturated rings. The summed E-state index contributed by atoms with van der Waals surface area (Å²) < 4.78 is 23.7. The molecule has 0 saturated carbocycles. The summed E-state index contributed by atoms with van der Waals surface area (Å²) in [4.78, 5) is -0.152. The van der Waals surface area contributed by atoms with Crippen LogP contribution in [0.4, 0.5) is 0 Å². The highest BCUT2D eigenvalue weighted by molar-refractivity contribution is 7.90. The van der Waals surface area contributed by atoms with E-state index >= 15 is 0 Å².